The van der Waals surface area contributed by atoms with Gasteiger partial charge in [-0.3, -0.25) is 0 Å². The molecule has 2 aromatic rings. The topological polar surface area (TPSA) is 76.7 Å². The highest BCUT2D eigenvalue weighted by molar-refractivity contribution is 7.99. The highest BCUT2D eigenvalue weighted by Crippen LogP contribution is 2.32. The first kappa shape index (κ1) is 18.9. The number of methoxy groups -OCH3 is 2. The Balaban J connectivity index is 1.65. The summed E-state index contributed by atoms with van der Waals surface area (Å²) in [4.78, 5) is 1.36. The molecular formula is C18H22N2O4S2. The van der Waals surface area contributed by atoms with Crippen LogP contribution in [0.3, 0.4) is 0 Å². The summed E-state index contributed by atoms with van der Waals surface area (Å²) >= 11 is 1.73. The van der Waals surface area contributed by atoms with Gasteiger partial charge in [-0.15, -0.1) is 11.8 Å². The van der Waals surface area contributed by atoms with Crippen LogP contribution in [0.15, 0.2) is 46.2 Å². The number of rotatable bonds is 7. The first-order chi connectivity index (χ1) is 12.5. The van der Waals surface area contributed by atoms with Crippen molar-refractivity contribution in [3.8, 4) is 11.5 Å². The SMILES string of the molecule is COc1ccc(CCNS(=O)(=O)c2ccc3c(c2)NCCS3)cc1OC. The molecule has 1 aliphatic rings. The zero-order valence-corrected chi connectivity index (χ0v) is 16.4. The number of sulfonamides is 1. The smallest absolute Gasteiger partial charge is 0.240 e. The molecule has 0 amide bonds. The summed E-state index contributed by atoms with van der Waals surface area (Å²) in [7, 11) is -0.391. The van der Waals surface area contributed by atoms with Crippen molar-refractivity contribution in [1.29, 1.82) is 0 Å². The highest BCUT2D eigenvalue weighted by Gasteiger charge is 2.17. The second kappa shape index (κ2) is 8.20. The van der Waals surface area contributed by atoms with E-state index in [0.29, 0.717) is 24.5 Å². The molecule has 0 bridgehead atoms. The van der Waals surface area contributed by atoms with Gasteiger partial charge in [0.15, 0.2) is 11.5 Å². The molecule has 3 rings (SSSR count). The van der Waals surface area contributed by atoms with Crippen molar-refractivity contribution < 1.29 is 17.9 Å². The molecule has 0 aliphatic carbocycles. The number of thioether (sulfide) groups is 1. The summed E-state index contributed by atoms with van der Waals surface area (Å²) in [6.07, 6.45) is 0.554. The van der Waals surface area contributed by atoms with Gasteiger partial charge in [0.2, 0.25) is 10.0 Å². The zero-order chi connectivity index (χ0) is 18.6. The Labute approximate surface area is 158 Å². The van der Waals surface area contributed by atoms with Crippen molar-refractivity contribution in [2.45, 2.75) is 16.2 Å². The molecule has 1 aliphatic heterocycles. The van der Waals surface area contributed by atoms with E-state index in [0.717, 1.165) is 28.4 Å². The number of anilines is 1. The molecule has 26 heavy (non-hydrogen) atoms. The maximum absolute atomic E-state index is 12.5. The fourth-order valence-electron chi connectivity index (χ4n) is 2.74. The van der Waals surface area contributed by atoms with Crippen LogP contribution in [-0.4, -0.2) is 41.5 Å². The summed E-state index contributed by atoms with van der Waals surface area (Å²) in [5.74, 6) is 2.27. The monoisotopic (exact) mass is 394 g/mol. The van der Waals surface area contributed by atoms with Gasteiger partial charge in [0.05, 0.1) is 19.1 Å². The quantitative estimate of drug-likeness (QED) is 0.752. The van der Waals surface area contributed by atoms with E-state index >= 15 is 0 Å². The third-order valence-electron chi connectivity index (χ3n) is 4.09. The number of hydrogen-bond donors (Lipinski definition) is 2. The largest absolute Gasteiger partial charge is 0.493 e. The molecule has 0 unspecified atom stereocenters. The van der Waals surface area contributed by atoms with Gasteiger partial charge >= 0.3 is 0 Å². The number of hydrogen-bond acceptors (Lipinski definition) is 6. The van der Waals surface area contributed by atoms with E-state index < -0.39 is 10.0 Å². The Kier molecular flexibility index (Phi) is 5.95. The number of fused-ring (bicyclic) bond motifs is 1. The molecule has 2 aromatic carbocycles. The molecule has 8 heteroatoms. The molecule has 140 valence electrons. The third-order valence-corrected chi connectivity index (χ3v) is 6.62. The predicted octanol–water partition coefficient (Wildman–Crippen LogP) is 2.74. The zero-order valence-electron chi connectivity index (χ0n) is 14.7. The minimum absolute atomic E-state index is 0.276. The van der Waals surface area contributed by atoms with Gasteiger partial charge < -0.3 is 14.8 Å². The van der Waals surface area contributed by atoms with E-state index in [-0.39, 0.29) is 4.90 Å². The van der Waals surface area contributed by atoms with Gasteiger partial charge in [0.25, 0.3) is 0 Å². The van der Waals surface area contributed by atoms with Crippen molar-refractivity contribution in [3.63, 3.8) is 0 Å². The van der Waals surface area contributed by atoms with Crippen LogP contribution < -0.4 is 19.5 Å². The molecule has 0 saturated carbocycles. The summed E-state index contributed by atoms with van der Waals surface area (Å²) in [6, 6.07) is 10.8. The lowest BCUT2D eigenvalue weighted by molar-refractivity contribution is 0.354. The summed E-state index contributed by atoms with van der Waals surface area (Å²) < 4.78 is 38.2. The molecule has 0 saturated heterocycles. The van der Waals surface area contributed by atoms with Gasteiger partial charge in [0, 0.05) is 29.4 Å². The lowest BCUT2D eigenvalue weighted by atomic mass is 10.1. The summed E-state index contributed by atoms with van der Waals surface area (Å²) in [5, 5.41) is 3.24. The van der Waals surface area contributed by atoms with Crippen molar-refractivity contribution in [3.05, 3.63) is 42.0 Å². The molecule has 1 heterocycles. The standard InChI is InChI=1S/C18H22N2O4S2/c1-23-16-5-3-13(11-17(16)24-2)7-8-20-26(21,22)14-4-6-18-15(12-14)19-9-10-25-18/h3-6,11-12,19-20H,7-10H2,1-2H3. The van der Waals surface area contributed by atoms with Crippen LogP contribution in [0, 0.1) is 0 Å². The molecule has 0 fully saturated rings. The van der Waals surface area contributed by atoms with Crippen LogP contribution >= 0.6 is 11.8 Å². The van der Waals surface area contributed by atoms with Crippen LogP contribution in [-0.2, 0) is 16.4 Å². The molecular weight excluding hydrogens is 372 g/mol. The average Bonchev–Trinajstić information content (AvgIpc) is 2.67. The Bertz CT molecular complexity index is 885. The maximum Gasteiger partial charge on any atom is 0.240 e. The second-order valence-electron chi connectivity index (χ2n) is 5.77. The lowest BCUT2D eigenvalue weighted by Crippen LogP contribution is -2.26. The maximum atomic E-state index is 12.5. The Morgan fingerprint density at radius 1 is 1.12 bits per heavy atom. The van der Waals surface area contributed by atoms with Crippen molar-refractivity contribution in [2.75, 3.05) is 38.4 Å². The van der Waals surface area contributed by atoms with Gasteiger partial charge in [-0.25, -0.2) is 13.1 Å². The summed E-state index contributed by atoms with van der Waals surface area (Å²) in [5.41, 5.74) is 1.85. The Morgan fingerprint density at radius 2 is 1.92 bits per heavy atom. The number of ether oxygens (including phenoxy) is 2. The van der Waals surface area contributed by atoms with Crippen LogP contribution in [0.1, 0.15) is 5.56 Å². The molecule has 2 N–H and O–H groups in total. The first-order valence-corrected chi connectivity index (χ1v) is 10.7. The second-order valence-corrected chi connectivity index (χ2v) is 8.67. The molecule has 0 atom stereocenters. The van der Waals surface area contributed by atoms with Crippen LogP contribution in [0.5, 0.6) is 11.5 Å². The first-order valence-electron chi connectivity index (χ1n) is 8.25. The minimum Gasteiger partial charge on any atom is -0.493 e. The number of nitrogens with one attached hydrogen (secondary N) is 2. The van der Waals surface area contributed by atoms with Crippen molar-refractivity contribution in [1.82, 2.24) is 4.72 Å². The minimum atomic E-state index is -3.55. The highest BCUT2D eigenvalue weighted by atomic mass is 32.2. The normalized spacial score (nSPS) is 13.6. The molecule has 0 spiro atoms. The van der Waals surface area contributed by atoms with Crippen molar-refractivity contribution in [2.24, 2.45) is 0 Å². The molecule has 0 aromatic heterocycles. The molecule has 6 nitrogen and oxygen atoms in total. The molecule has 0 radical (unpaired) electrons. The van der Waals surface area contributed by atoms with E-state index in [1.165, 1.54) is 0 Å². The van der Waals surface area contributed by atoms with Crippen LogP contribution in [0.2, 0.25) is 0 Å². The fraction of sp³-hybridized carbons (Fsp3) is 0.333. The van der Waals surface area contributed by atoms with E-state index in [9.17, 15) is 8.42 Å². The Morgan fingerprint density at radius 3 is 2.69 bits per heavy atom. The van der Waals surface area contributed by atoms with E-state index in [2.05, 4.69) is 10.0 Å². The van der Waals surface area contributed by atoms with Crippen LogP contribution in [0.25, 0.3) is 0 Å². The lowest BCUT2D eigenvalue weighted by Gasteiger charge is -2.18. The van der Waals surface area contributed by atoms with Gasteiger partial charge in [0.1, 0.15) is 0 Å². The predicted molar refractivity (Wildman–Crippen MR) is 104 cm³/mol. The van der Waals surface area contributed by atoms with E-state index in [1.807, 2.05) is 24.3 Å². The third kappa shape index (κ3) is 4.25. The van der Waals surface area contributed by atoms with Crippen molar-refractivity contribution >= 4 is 27.5 Å². The van der Waals surface area contributed by atoms with E-state index in [4.69, 9.17) is 9.47 Å². The average molecular weight is 395 g/mol. The number of benzene rings is 2. The van der Waals surface area contributed by atoms with Gasteiger partial charge in [-0.1, -0.05) is 6.07 Å². The van der Waals surface area contributed by atoms with Gasteiger partial charge in [-0.2, -0.15) is 0 Å². The van der Waals surface area contributed by atoms with Gasteiger partial charge in [-0.05, 0) is 42.3 Å². The van der Waals surface area contributed by atoms with Crippen LogP contribution in [0.4, 0.5) is 5.69 Å². The Hall–Kier alpha value is -1.90. The fourth-order valence-corrected chi connectivity index (χ4v) is 4.67. The summed E-state index contributed by atoms with van der Waals surface area (Å²) in [6.45, 7) is 1.14. The van der Waals surface area contributed by atoms with E-state index in [1.54, 1.807) is 38.1 Å².